The van der Waals surface area contributed by atoms with E-state index in [0.717, 1.165) is 41.8 Å². The van der Waals surface area contributed by atoms with Crippen molar-refractivity contribution in [3.63, 3.8) is 0 Å². The molecule has 0 spiro atoms. The van der Waals surface area contributed by atoms with E-state index >= 15 is 0 Å². The number of benzene rings is 2. The molecule has 2 bridgehead atoms. The molecule has 4 fully saturated rings. The molecular weight excluding hydrogens is 658 g/mol. The molecule has 4 aliphatic rings. The maximum atomic E-state index is 14.2. The normalized spacial score (nSPS) is 27.9. The molecule has 11 nitrogen and oxygen atoms in total. The Kier molecular flexibility index (Phi) is 12.6. The van der Waals surface area contributed by atoms with E-state index in [9.17, 15) is 19.8 Å². The first-order valence-corrected chi connectivity index (χ1v) is 19.1. The van der Waals surface area contributed by atoms with Gasteiger partial charge in [-0.05, 0) is 93.1 Å². The molecule has 1 saturated heterocycles. The van der Waals surface area contributed by atoms with Gasteiger partial charge >= 0.3 is 0 Å². The third-order valence-electron chi connectivity index (χ3n) is 12.2. The third-order valence-corrected chi connectivity index (χ3v) is 12.2. The number of carbonyl (C=O) groups excluding carboxylic acids is 2. The van der Waals surface area contributed by atoms with Gasteiger partial charge in [0.1, 0.15) is 17.9 Å². The van der Waals surface area contributed by atoms with E-state index in [1.165, 1.54) is 6.42 Å². The van der Waals surface area contributed by atoms with Crippen LogP contribution in [0.4, 0.5) is 5.69 Å². The molecule has 1 heterocycles. The molecule has 288 valence electrons. The van der Waals surface area contributed by atoms with E-state index in [-0.39, 0.29) is 42.5 Å². The van der Waals surface area contributed by atoms with Crippen molar-refractivity contribution < 1.29 is 29.4 Å². The Morgan fingerprint density at radius 2 is 1.87 bits per heavy atom. The van der Waals surface area contributed by atoms with E-state index in [1.54, 1.807) is 19.1 Å². The summed E-state index contributed by atoms with van der Waals surface area (Å²) in [6.45, 7) is 13.5. The molecular formula is C41H63N5O6. The molecule has 2 aromatic rings. The Morgan fingerprint density at radius 1 is 1.13 bits per heavy atom. The highest BCUT2D eigenvalue weighted by atomic mass is 16.7. The Hall–Kier alpha value is -3.22. The SMILES string of the molecule is CNc1cc(C(=O)N[C@@H](CC(C)C)CN(C)C)cc(-c2cccc(CN3O[C@@H](CO)[C@@H]([C@H](C)O)[C@H]3C(=O)N[C@H]3C[C@@H]4C[C@H]([C@@H]3C)C4(C)C)c2OC)c1. The van der Waals surface area contributed by atoms with E-state index in [2.05, 4.69) is 55.5 Å². The van der Waals surface area contributed by atoms with Crippen LogP contribution in [0.15, 0.2) is 36.4 Å². The van der Waals surface area contributed by atoms with Crippen molar-refractivity contribution >= 4 is 17.5 Å². The van der Waals surface area contributed by atoms with Gasteiger partial charge in [0.25, 0.3) is 5.91 Å². The summed E-state index contributed by atoms with van der Waals surface area (Å²) < 4.78 is 6.05. The second kappa shape index (κ2) is 16.4. The number of likely N-dealkylation sites (N-methyl/N-ethyl adjacent to an activating group) is 1. The number of aliphatic hydroxyl groups excluding tert-OH is 2. The molecule has 3 aliphatic carbocycles. The molecule has 52 heavy (non-hydrogen) atoms. The van der Waals surface area contributed by atoms with E-state index in [1.807, 2.05) is 57.5 Å². The smallest absolute Gasteiger partial charge is 0.251 e. The average Bonchev–Trinajstić information content (AvgIpc) is 3.46. The number of para-hydroxylation sites is 1. The van der Waals surface area contributed by atoms with Gasteiger partial charge in [-0.1, -0.05) is 52.8 Å². The first kappa shape index (κ1) is 40.0. The maximum absolute atomic E-state index is 14.2. The first-order valence-electron chi connectivity index (χ1n) is 19.1. The zero-order valence-corrected chi connectivity index (χ0v) is 32.9. The Labute approximate surface area is 310 Å². The second-order valence-corrected chi connectivity index (χ2v) is 16.8. The number of amides is 2. The molecule has 11 heteroatoms. The lowest BCUT2D eigenvalue weighted by Gasteiger charge is -2.62. The number of nitrogens with zero attached hydrogens (tertiary/aromatic N) is 2. The summed E-state index contributed by atoms with van der Waals surface area (Å²) in [5.41, 5.74) is 3.94. The number of hydrogen-bond donors (Lipinski definition) is 5. The van der Waals surface area contributed by atoms with E-state index in [4.69, 9.17) is 9.57 Å². The lowest BCUT2D eigenvalue weighted by molar-refractivity contribution is -0.183. The van der Waals surface area contributed by atoms with E-state index in [0.29, 0.717) is 35.0 Å². The van der Waals surface area contributed by atoms with Crippen molar-refractivity contribution in [2.75, 3.05) is 46.7 Å². The van der Waals surface area contributed by atoms with Crippen LogP contribution in [0.3, 0.4) is 0 Å². The number of nitrogens with one attached hydrogen (secondary N) is 3. The van der Waals surface area contributed by atoms with Crippen LogP contribution in [0.2, 0.25) is 0 Å². The number of rotatable bonds is 15. The molecule has 0 radical (unpaired) electrons. The lowest BCUT2D eigenvalue weighted by Crippen LogP contribution is -2.62. The molecule has 6 rings (SSSR count). The summed E-state index contributed by atoms with van der Waals surface area (Å²) in [6.07, 6.45) is 1.36. The number of anilines is 1. The van der Waals surface area contributed by atoms with Gasteiger partial charge in [-0.25, -0.2) is 0 Å². The monoisotopic (exact) mass is 721 g/mol. The van der Waals surface area contributed by atoms with Crippen LogP contribution in [0.1, 0.15) is 76.7 Å². The third kappa shape index (κ3) is 8.29. The van der Waals surface area contributed by atoms with Crippen LogP contribution in [0, 0.1) is 35.0 Å². The zero-order valence-electron chi connectivity index (χ0n) is 32.9. The van der Waals surface area contributed by atoms with Gasteiger partial charge in [-0.2, -0.15) is 5.06 Å². The van der Waals surface area contributed by atoms with Gasteiger partial charge in [-0.3, -0.25) is 14.4 Å². The number of hydroxylamine groups is 2. The standard InChI is InChI=1S/C41H63N5O6/c1-23(2)14-31(21-45(8)9)43-39(49)28-15-27(16-30(17-28)42-7)32-13-11-12-26(38(32)51-10)20-46-37(36(25(4)48)35(22-47)52-46)40(50)44-34-19-29-18-33(24(34)3)41(29,5)6/h11-13,15-17,23-25,29,31,33-37,42,47-48H,14,18-22H2,1-10H3,(H,43,49)(H,44,50)/t24-,25-,29-,31-,33+,34-,35-,36+,37-/m0/s1. The highest BCUT2D eigenvalue weighted by Gasteiger charge is 2.57. The van der Waals surface area contributed by atoms with Crippen LogP contribution in [0.5, 0.6) is 5.75 Å². The molecule has 0 aromatic heterocycles. The fourth-order valence-corrected chi connectivity index (χ4v) is 9.35. The quantitative estimate of drug-likeness (QED) is 0.176. The molecule has 3 saturated carbocycles. The van der Waals surface area contributed by atoms with Gasteiger partial charge in [0, 0.05) is 54.0 Å². The summed E-state index contributed by atoms with van der Waals surface area (Å²) >= 11 is 0. The van der Waals surface area contributed by atoms with Crippen molar-refractivity contribution in [1.29, 1.82) is 0 Å². The van der Waals surface area contributed by atoms with Crippen molar-refractivity contribution in [1.82, 2.24) is 20.6 Å². The summed E-state index contributed by atoms with van der Waals surface area (Å²) in [5, 5.41) is 32.7. The molecule has 0 unspecified atom stereocenters. The zero-order chi connectivity index (χ0) is 38.1. The van der Waals surface area contributed by atoms with Gasteiger partial charge in [0.05, 0.1) is 26.4 Å². The number of aliphatic hydroxyl groups is 2. The summed E-state index contributed by atoms with van der Waals surface area (Å²) in [4.78, 5) is 36.3. The van der Waals surface area contributed by atoms with Crippen molar-refractivity contribution in [2.24, 2.45) is 35.0 Å². The molecule has 1 aliphatic heterocycles. The van der Waals surface area contributed by atoms with Crippen molar-refractivity contribution in [2.45, 2.75) is 97.7 Å². The fraction of sp³-hybridized carbons (Fsp3) is 0.659. The lowest BCUT2D eigenvalue weighted by atomic mass is 9.45. The Bertz CT molecular complexity index is 1550. The molecule has 2 aromatic carbocycles. The van der Waals surface area contributed by atoms with Crippen LogP contribution >= 0.6 is 0 Å². The summed E-state index contributed by atoms with van der Waals surface area (Å²) in [7, 11) is 7.45. The van der Waals surface area contributed by atoms with Gasteiger partial charge in [0.2, 0.25) is 5.91 Å². The highest BCUT2D eigenvalue weighted by molar-refractivity contribution is 5.97. The molecule has 2 amide bonds. The van der Waals surface area contributed by atoms with Crippen molar-refractivity contribution in [3.05, 3.63) is 47.5 Å². The Morgan fingerprint density at radius 3 is 2.44 bits per heavy atom. The minimum Gasteiger partial charge on any atom is -0.496 e. The molecule has 9 atom stereocenters. The number of carbonyl (C=O) groups is 2. The highest BCUT2D eigenvalue weighted by Crippen LogP contribution is 2.61. The molecule has 5 N–H and O–H groups in total. The minimum absolute atomic E-state index is 0.000246. The predicted octanol–water partition coefficient (Wildman–Crippen LogP) is 4.77. The van der Waals surface area contributed by atoms with Gasteiger partial charge in [0.15, 0.2) is 0 Å². The summed E-state index contributed by atoms with van der Waals surface area (Å²) in [5.74, 6) is 1.51. The van der Waals surface area contributed by atoms with Crippen LogP contribution < -0.4 is 20.7 Å². The van der Waals surface area contributed by atoms with Crippen molar-refractivity contribution in [3.8, 4) is 16.9 Å². The van der Waals surface area contributed by atoms with Crippen LogP contribution in [-0.4, -0.2) is 104 Å². The van der Waals surface area contributed by atoms with Gasteiger partial charge in [-0.15, -0.1) is 0 Å². The fourth-order valence-electron chi connectivity index (χ4n) is 9.35. The average molecular weight is 722 g/mol. The first-order chi connectivity index (χ1) is 24.6. The van der Waals surface area contributed by atoms with Gasteiger partial charge < -0.3 is 35.8 Å². The topological polar surface area (TPSA) is 136 Å². The second-order valence-electron chi connectivity index (χ2n) is 16.8. The predicted molar refractivity (Wildman–Crippen MR) is 205 cm³/mol. The number of methoxy groups -OCH3 is 1. The minimum atomic E-state index is -0.894. The maximum Gasteiger partial charge on any atom is 0.251 e. The number of hydrogen-bond acceptors (Lipinski definition) is 9. The Balaban J connectivity index is 1.43. The van der Waals surface area contributed by atoms with Crippen LogP contribution in [0.25, 0.3) is 11.1 Å². The summed E-state index contributed by atoms with van der Waals surface area (Å²) in [6, 6.07) is 10.7. The number of fused-ring (bicyclic) bond motifs is 2. The number of ether oxygens (including phenoxy) is 1. The van der Waals surface area contributed by atoms with Crippen LogP contribution in [-0.2, 0) is 16.2 Å². The van der Waals surface area contributed by atoms with E-state index < -0.39 is 24.2 Å². The largest absolute Gasteiger partial charge is 0.496 e.